The Balaban J connectivity index is 0.000000190. The molecule has 7 aromatic rings. The highest BCUT2D eigenvalue weighted by Crippen LogP contribution is 2.56. The number of allylic oxidation sites excluding steroid dienone is 2. The van der Waals surface area contributed by atoms with Crippen LogP contribution in [0.4, 0.5) is 0 Å². The summed E-state index contributed by atoms with van der Waals surface area (Å²) in [6, 6.07) is 38.4. The molecule has 7 aromatic carbocycles. The molecule has 502 valence electrons. The molecule has 2 saturated carbocycles. The molecule has 3 N–H and O–H groups in total. The van der Waals surface area contributed by atoms with Gasteiger partial charge in [-0.1, -0.05) is 182 Å². The van der Waals surface area contributed by atoms with Gasteiger partial charge in [0.2, 0.25) is 22.7 Å². The first-order valence-electron chi connectivity index (χ1n) is 28.4. The van der Waals surface area contributed by atoms with Gasteiger partial charge in [-0.15, -0.1) is 23.2 Å². The van der Waals surface area contributed by atoms with Crippen molar-refractivity contribution in [2.24, 2.45) is 0 Å². The molecule has 13 nitrogen and oxygen atoms in total. The number of hydrogen-bond donors (Lipinski definition) is 3. The number of halogens is 12. The van der Waals surface area contributed by atoms with E-state index in [-0.39, 0.29) is 15.7 Å². The van der Waals surface area contributed by atoms with Crippen molar-refractivity contribution in [2.45, 2.75) is 109 Å². The predicted molar refractivity (Wildman–Crippen MR) is 384 cm³/mol. The molecule has 94 heavy (non-hydrogen) atoms. The number of nitrogens with zero attached hydrogens (tertiary/aromatic N) is 1. The molecule has 0 saturated heterocycles. The summed E-state index contributed by atoms with van der Waals surface area (Å²) < 4.78 is 80.1. The molecule has 3 aliphatic rings. The molecule has 2 fully saturated rings. The second-order valence-corrected chi connectivity index (χ2v) is 32.7. The van der Waals surface area contributed by atoms with Crippen LogP contribution in [0.5, 0.6) is 0 Å². The lowest BCUT2D eigenvalue weighted by Gasteiger charge is -2.48. The Morgan fingerprint density at radius 3 is 1.39 bits per heavy atom. The van der Waals surface area contributed by atoms with Gasteiger partial charge in [-0.25, -0.2) is 23.4 Å². The van der Waals surface area contributed by atoms with Gasteiger partial charge in [-0.05, 0) is 172 Å². The lowest BCUT2D eigenvalue weighted by molar-refractivity contribution is -0.111. The zero-order chi connectivity index (χ0) is 69.5. The fourth-order valence-corrected chi connectivity index (χ4v) is 18.3. The Labute approximate surface area is 609 Å². The van der Waals surface area contributed by atoms with E-state index in [0.717, 1.165) is 47.1 Å². The minimum absolute atomic E-state index is 0.180. The number of alkyl halides is 2. The van der Waals surface area contributed by atoms with Crippen LogP contribution in [0.2, 0.25) is 50.2 Å². The molecular weight excluding hydrogens is 1520 g/mol. The fraction of sp³-hybridized carbons (Fsp3) is 0.288. The van der Waals surface area contributed by atoms with Crippen molar-refractivity contribution in [2.75, 3.05) is 18.0 Å². The predicted octanol–water partition coefficient (Wildman–Crippen LogP) is 19.9. The van der Waals surface area contributed by atoms with E-state index >= 15 is 0 Å². The molecule has 6 atom stereocenters. The van der Waals surface area contributed by atoms with Gasteiger partial charge in [0.05, 0.1) is 28.1 Å². The van der Waals surface area contributed by atoms with Gasteiger partial charge in [0.1, 0.15) is 6.10 Å². The quantitative estimate of drug-likeness (QED) is 0.0303. The molecule has 0 heterocycles. The smallest absolute Gasteiger partial charge is 0.340 e. The van der Waals surface area contributed by atoms with Crippen molar-refractivity contribution in [3.63, 3.8) is 0 Å². The van der Waals surface area contributed by atoms with E-state index in [1.165, 1.54) is 6.07 Å². The highest BCUT2D eigenvalue weighted by molar-refractivity contribution is 7.93. The van der Waals surface area contributed by atoms with Gasteiger partial charge in [-0.3, -0.25) is 18.6 Å². The Morgan fingerprint density at radius 1 is 0.564 bits per heavy atom. The number of aryl methyl sites for hydroxylation is 2. The van der Waals surface area contributed by atoms with Gasteiger partial charge in [0, 0.05) is 85.6 Å². The zero-order valence-corrected chi connectivity index (χ0v) is 61.7. The van der Waals surface area contributed by atoms with E-state index < -0.39 is 63.6 Å². The summed E-state index contributed by atoms with van der Waals surface area (Å²) >= 11 is 70.7. The van der Waals surface area contributed by atoms with Crippen molar-refractivity contribution in [1.82, 2.24) is 10.6 Å². The number of benzene rings is 7. The van der Waals surface area contributed by atoms with E-state index in [4.69, 9.17) is 150 Å². The van der Waals surface area contributed by atoms with Crippen LogP contribution < -0.4 is 10.6 Å². The number of nitrogens with one attached hydrogen (secondary N) is 2. The van der Waals surface area contributed by atoms with Crippen molar-refractivity contribution >= 4 is 187 Å². The molecule has 0 bridgehead atoms. The number of sulfone groups is 2. The number of carbonyl (C=O) groups is 2. The maximum Gasteiger partial charge on any atom is 0.340 e. The van der Waals surface area contributed by atoms with Crippen LogP contribution in [0.1, 0.15) is 114 Å². The normalized spacial score (nSPS) is 18.7. The third-order valence-corrected chi connectivity index (χ3v) is 24.3. The Kier molecular flexibility index (Phi) is 29.5. The lowest BCUT2D eigenvalue weighted by Crippen LogP contribution is -2.61. The largest absolute Gasteiger partial charge is 0.388 e. The van der Waals surface area contributed by atoms with Crippen LogP contribution in [0.15, 0.2) is 155 Å². The Morgan fingerprint density at radius 2 is 1.01 bits per heavy atom. The highest BCUT2D eigenvalue weighted by atomic mass is 35.5. The molecular formula is C66H61Cl12N3O10S3. The minimum Gasteiger partial charge on any atom is -0.388 e. The summed E-state index contributed by atoms with van der Waals surface area (Å²) in [4.78, 5) is 22.6. The van der Waals surface area contributed by atoms with Crippen LogP contribution in [0.25, 0.3) is 10.4 Å². The molecule has 3 aliphatic carbocycles. The number of aliphatic hydroxyl groups is 1. The van der Waals surface area contributed by atoms with Crippen molar-refractivity contribution in [1.29, 1.82) is 0 Å². The van der Waals surface area contributed by atoms with E-state index in [2.05, 4.69) is 15.5 Å². The fourth-order valence-electron chi connectivity index (χ4n) is 10.5. The van der Waals surface area contributed by atoms with Crippen molar-refractivity contribution < 1.29 is 44.1 Å². The van der Waals surface area contributed by atoms with Gasteiger partial charge < -0.3 is 15.7 Å². The number of hydrogen-bond acceptors (Lipinski definition) is 10. The number of rotatable bonds is 19. The van der Waals surface area contributed by atoms with Crippen LogP contribution in [-0.4, -0.2) is 70.9 Å². The number of carbonyl (C=O) groups excluding carboxylic acids is 2. The molecule has 28 heteroatoms. The molecule has 0 spiro atoms. The molecule has 0 aliphatic heterocycles. The first kappa shape index (κ1) is 79.0. The molecule has 6 unspecified atom stereocenters. The number of amides is 2. The summed E-state index contributed by atoms with van der Waals surface area (Å²) in [5, 5.41) is 19.7. The van der Waals surface area contributed by atoms with Gasteiger partial charge in [0.25, 0.3) is 20.0 Å². The average molecular weight is 1580 g/mol. The monoisotopic (exact) mass is 1570 g/mol. The van der Waals surface area contributed by atoms with E-state index in [1.54, 1.807) is 127 Å². The maximum absolute atomic E-state index is 13.3. The first-order valence-corrected chi connectivity index (χ1v) is 38.0. The summed E-state index contributed by atoms with van der Waals surface area (Å²) in [6.45, 7) is 11.4. The van der Waals surface area contributed by atoms with Gasteiger partial charge in [0.15, 0.2) is 4.87 Å². The molecule has 2 amide bonds. The summed E-state index contributed by atoms with van der Waals surface area (Å²) in [6.07, 6.45) is 5.33. The van der Waals surface area contributed by atoms with E-state index in [0.29, 0.717) is 130 Å². The third kappa shape index (κ3) is 19.4. The molecule has 0 aromatic heterocycles. The van der Waals surface area contributed by atoms with Gasteiger partial charge >= 0.3 is 4.87 Å². The molecule has 10 rings (SSSR count). The van der Waals surface area contributed by atoms with Crippen LogP contribution >= 0.6 is 139 Å². The topological polar surface area (TPSA) is 194 Å². The van der Waals surface area contributed by atoms with E-state index in [9.17, 15) is 39.9 Å². The standard InChI is InChI=1S/C18H17Cl2NO3S.C18H15Cl2NO2S.C11H9Cl2NO.C10H11Cl3O3S.C9H9Cl3O/c1-12-2-5-14(6-3-12)25(23,24)18(21-11-22)9-8-16(18)15-7-4-13(19)10-17(15)20;1-12-3-6-14(7-4-12)24(22,23)18(21-2)10-9-16(18)15-8-5-13(19)11-17(15)20;12-7-1-2-8(10(13)5-7)9-3-4-11(9)14-6-15;1-17(14,15)16-10(4-5-11)8-3-2-7(12)6-9(8)13;10-4-3-9(13)7-2-1-6(11)5-8(7)12/h2-7,10-11,16H,8-9H2,1H3,(H,21,22);3-8,11,16H,9-10H2,1H3;1-2,5-6H,3-4H2,(H,14,15);2-3,6,10H,4-5H2,1H3;1-2,5,9,13H,3-4H2. The van der Waals surface area contributed by atoms with Crippen molar-refractivity contribution in [3.05, 3.63) is 246 Å². The first-order chi connectivity index (χ1) is 44.3. The number of aliphatic hydroxyl groups excluding tert-OH is 1. The molecule has 0 radical (unpaired) electrons. The van der Waals surface area contributed by atoms with Crippen LogP contribution in [-0.2, 0) is 43.6 Å². The SMILES string of the molecule is CS(=O)(=O)OC(CCCl)c1ccc(Cl)cc1Cl.Cc1ccc(S(=O)(=O)C2(NC=O)CCC2c2ccc(Cl)cc2Cl)cc1.O=CNC1=C(c2ccc(Cl)cc2Cl)CC1.OC(CCCl)c1ccc(Cl)cc1Cl.[C-]#[N+]C1(S(=O)(=O)c2ccc(C)cc2)CCC1c1ccc(Cl)cc1Cl. The minimum atomic E-state index is -3.80. The second kappa shape index (κ2) is 35.1. The maximum atomic E-state index is 13.3. The Hall–Kier alpha value is -4.04. The van der Waals surface area contributed by atoms with E-state index in [1.807, 2.05) is 19.9 Å². The zero-order valence-electron chi connectivity index (χ0n) is 50.1. The van der Waals surface area contributed by atoms with Crippen molar-refractivity contribution in [3.8, 4) is 0 Å². The van der Waals surface area contributed by atoms with Crippen LogP contribution in [0, 0.1) is 20.4 Å². The summed E-state index contributed by atoms with van der Waals surface area (Å²) in [7, 11) is -11.2. The summed E-state index contributed by atoms with van der Waals surface area (Å²) in [5.74, 6) is -0.223. The second-order valence-electron chi connectivity index (χ2n) is 21.7. The van der Waals surface area contributed by atoms with Crippen LogP contribution in [0.3, 0.4) is 0 Å². The average Bonchev–Trinajstić information content (AvgIpc) is 0.722. The third-order valence-electron chi connectivity index (χ3n) is 15.6. The highest BCUT2D eigenvalue weighted by Gasteiger charge is 2.65. The Bertz CT molecular complexity index is 4280. The lowest BCUT2D eigenvalue weighted by atomic mass is 9.74. The summed E-state index contributed by atoms with van der Waals surface area (Å²) in [5.41, 5.74) is 7.50. The van der Waals surface area contributed by atoms with Gasteiger partial charge in [-0.2, -0.15) is 8.42 Å².